The van der Waals surface area contributed by atoms with Gasteiger partial charge in [0.2, 0.25) is 0 Å². The number of esters is 6. The molecule has 3 fully saturated rings. The van der Waals surface area contributed by atoms with Crippen LogP contribution in [0.15, 0.2) is 37.5 Å². The summed E-state index contributed by atoms with van der Waals surface area (Å²) >= 11 is 0. The lowest BCUT2D eigenvalue weighted by atomic mass is 9.75. The highest BCUT2D eigenvalue weighted by atomic mass is 16.6. The number of ether oxygens (including phenoxy) is 6. The molecule has 0 bridgehead atoms. The van der Waals surface area contributed by atoms with Gasteiger partial charge in [0.05, 0.1) is 0 Å². The van der Waals surface area contributed by atoms with Crippen LogP contribution in [0.3, 0.4) is 0 Å². The van der Waals surface area contributed by atoms with Crippen LogP contribution in [0.5, 0.6) is 0 Å². The molecule has 49 heavy (non-hydrogen) atoms. The maximum Gasteiger partial charge on any atom is 0.344 e. The molecule has 0 aromatic carbocycles. The van der Waals surface area contributed by atoms with Crippen molar-refractivity contribution < 1.29 is 57.2 Å². The Labute approximate surface area is 288 Å². The fourth-order valence-corrected chi connectivity index (χ4v) is 7.56. The van der Waals surface area contributed by atoms with Crippen molar-refractivity contribution in [2.75, 3.05) is 19.8 Å². The zero-order valence-electron chi connectivity index (χ0n) is 29.1. The van der Waals surface area contributed by atoms with Crippen molar-refractivity contribution in [2.45, 2.75) is 127 Å². The van der Waals surface area contributed by atoms with Gasteiger partial charge in [0.15, 0.2) is 19.8 Å². The Kier molecular flexibility index (Phi) is 14.6. The van der Waals surface area contributed by atoms with Crippen LogP contribution in [0.4, 0.5) is 0 Å². The molecule has 0 radical (unpaired) electrons. The van der Waals surface area contributed by atoms with Crippen molar-refractivity contribution in [1.29, 1.82) is 0 Å². The highest BCUT2D eigenvalue weighted by Gasteiger charge is 2.45. The summed E-state index contributed by atoms with van der Waals surface area (Å²) in [5.74, 6) is -3.46. The number of hydrogen-bond acceptors (Lipinski definition) is 12. The van der Waals surface area contributed by atoms with Gasteiger partial charge in [-0.15, -0.1) is 0 Å². The molecule has 3 rings (SSSR count). The van der Waals surface area contributed by atoms with E-state index in [-0.39, 0.29) is 17.4 Å². The van der Waals surface area contributed by atoms with Crippen LogP contribution < -0.4 is 0 Å². The van der Waals surface area contributed by atoms with Gasteiger partial charge >= 0.3 is 35.8 Å². The SMILES string of the molecule is C=CC(=O)OCC(=O)OC1(C)CCCC(CCC2(OC(=O)COC(=O)C(=C)C)CCC(CCC3(OC(=O)COC(=O)C=C)CCCC3)C2)C1. The number of hydrogen-bond donors (Lipinski definition) is 0. The molecular formula is C37H52O12. The first-order valence-corrected chi connectivity index (χ1v) is 17.3. The molecule has 12 heteroatoms. The fourth-order valence-electron chi connectivity index (χ4n) is 7.56. The summed E-state index contributed by atoms with van der Waals surface area (Å²) in [6.07, 6.45) is 13.2. The van der Waals surface area contributed by atoms with E-state index in [0.29, 0.717) is 38.5 Å². The molecule has 3 aliphatic carbocycles. The van der Waals surface area contributed by atoms with Crippen LogP contribution in [0.25, 0.3) is 0 Å². The number of rotatable bonds is 18. The first-order chi connectivity index (χ1) is 23.2. The van der Waals surface area contributed by atoms with Crippen LogP contribution in [0.2, 0.25) is 0 Å². The largest absolute Gasteiger partial charge is 0.457 e. The first-order valence-electron chi connectivity index (χ1n) is 17.3. The fraction of sp³-hybridized carbons (Fsp3) is 0.676. The maximum absolute atomic E-state index is 13.0. The summed E-state index contributed by atoms with van der Waals surface area (Å²) in [6, 6.07) is 0. The summed E-state index contributed by atoms with van der Waals surface area (Å²) in [5.41, 5.74) is -1.91. The van der Waals surface area contributed by atoms with Crippen LogP contribution in [0.1, 0.15) is 110 Å². The lowest BCUT2D eigenvalue weighted by molar-refractivity contribution is -0.173. The van der Waals surface area contributed by atoms with Gasteiger partial charge in [-0.1, -0.05) is 26.2 Å². The van der Waals surface area contributed by atoms with Gasteiger partial charge in [0.25, 0.3) is 0 Å². The third-order valence-electron chi connectivity index (χ3n) is 9.93. The van der Waals surface area contributed by atoms with Crippen LogP contribution >= 0.6 is 0 Å². The predicted octanol–water partition coefficient (Wildman–Crippen LogP) is 5.55. The van der Waals surface area contributed by atoms with Gasteiger partial charge in [0.1, 0.15) is 16.8 Å². The smallest absolute Gasteiger partial charge is 0.344 e. The molecule has 272 valence electrons. The molecule has 0 N–H and O–H groups in total. The molecule has 0 amide bonds. The average Bonchev–Trinajstić information content (AvgIpc) is 3.70. The highest BCUT2D eigenvalue weighted by molar-refractivity contribution is 5.88. The molecular weight excluding hydrogens is 636 g/mol. The third kappa shape index (κ3) is 12.8. The van der Waals surface area contributed by atoms with E-state index < -0.39 is 72.4 Å². The second kappa shape index (κ2) is 18.2. The zero-order chi connectivity index (χ0) is 36.1. The molecule has 0 heterocycles. The third-order valence-corrected chi connectivity index (χ3v) is 9.93. The average molecular weight is 689 g/mol. The van der Waals surface area contributed by atoms with Crippen molar-refractivity contribution in [1.82, 2.24) is 0 Å². The van der Waals surface area contributed by atoms with Gasteiger partial charge < -0.3 is 28.4 Å². The maximum atomic E-state index is 13.0. The molecule has 4 unspecified atom stereocenters. The highest BCUT2D eigenvalue weighted by Crippen LogP contribution is 2.47. The minimum Gasteiger partial charge on any atom is -0.457 e. The summed E-state index contributed by atoms with van der Waals surface area (Å²) in [4.78, 5) is 72.6. The molecule has 12 nitrogen and oxygen atoms in total. The Morgan fingerprint density at radius 1 is 0.653 bits per heavy atom. The van der Waals surface area contributed by atoms with Crippen LogP contribution in [-0.4, -0.2) is 72.4 Å². The molecule has 0 saturated heterocycles. The van der Waals surface area contributed by atoms with Gasteiger partial charge in [-0.3, -0.25) is 0 Å². The Balaban J connectivity index is 1.63. The van der Waals surface area contributed by atoms with Crippen molar-refractivity contribution >= 4 is 35.8 Å². The zero-order valence-corrected chi connectivity index (χ0v) is 29.1. The second-order valence-corrected chi connectivity index (χ2v) is 14.1. The lowest BCUT2D eigenvalue weighted by Crippen LogP contribution is -2.40. The molecule has 0 aromatic rings. The van der Waals surface area contributed by atoms with Crippen molar-refractivity contribution in [2.24, 2.45) is 11.8 Å². The van der Waals surface area contributed by atoms with Gasteiger partial charge in [-0.05, 0) is 116 Å². The molecule has 4 atom stereocenters. The first kappa shape index (κ1) is 39.5. The molecule has 3 saturated carbocycles. The minimum absolute atomic E-state index is 0.184. The van der Waals surface area contributed by atoms with Crippen molar-refractivity contribution in [3.05, 3.63) is 37.5 Å². The van der Waals surface area contributed by atoms with E-state index >= 15 is 0 Å². The molecule has 0 aliphatic heterocycles. The van der Waals surface area contributed by atoms with Crippen LogP contribution in [-0.2, 0) is 57.2 Å². The quantitative estimate of drug-likeness (QED) is 0.101. The van der Waals surface area contributed by atoms with E-state index in [1.165, 1.54) is 6.92 Å². The second-order valence-electron chi connectivity index (χ2n) is 14.1. The van der Waals surface area contributed by atoms with E-state index in [9.17, 15) is 28.8 Å². The number of carbonyl (C=O) groups excluding carboxylic acids is 6. The Morgan fingerprint density at radius 3 is 1.73 bits per heavy atom. The van der Waals surface area contributed by atoms with E-state index in [4.69, 9.17) is 28.4 Å². The van der Waals surface area contributed by atoms with Crippen LogP contribution in [0, 0.1) is 11.8 Å². The Bertz CT molecular complexity index is 1260. The van der Waals surface area contributed by atoms with Gasteiger partial charge in [-0.25, -0.2) is 28.8 Å². The lowest BCUT2D eigenvalue weighted by Gasteiger charge is -2.39. The Hall–Kier alpha value is -3.96. The summed E-state index contributed by atoms with van der Waals surface area (Å²) in [6.45, 7) is 12.1. The topological polar surface area (TPSA) is 158 Å². The minimum atomic E-state index is -0.765. The van der Waals surface area contributed by atoms with E-state index in [0.717, 1.165) is 69.9 Å². The standard InChI is InChI=1S/C37H52O12/c1-6-29(38)44-23-31(40)47-35(5)15-10-11-27(21-35)13-19-37(49-33(42)25-46-34(43)26(3)4)20-14-28(22-37)12-18-36(16-8-9-17-36)48-32(41)24-45-30(39)7-2/h6-7,27-28H,1-3,8-25H2,4-5H3. The number of carbonyl (C=O) groups is 6. The summed E-state index contributed by atoms with van der Waals surface area (Å²) in [7, 11) is 0. The molecule has 0 spiro atoms. The summed E-state index contributed by atoms with van der Waals surface area (Å²) in [5, 5.41) is 0. The predicted molar refractivity (Wildman–Crippen MR) is 176 cm³/mol. The summed E-state index contributed by atoms with van der Waals surface area (Å²) < 4.78 is 32.5. The van der Waals surface area contributed by atoms with Crippen molar-refractivity contribution in [3.63, 3.8) is 0 Å². The normalized spacial score (nSPS) is 25.7. The van der Waals surface area contributed by atoms with E-state index in [1.54, 1.807) is 0 Å². The molecule has 0 aromatic heterocycles. The van der Waals surface area contributed by atoms with Crippen molar-refractivity contribution in [3.8, 4) is 0 Å². The van der Waals surface area contributed by atoms with Gasteiger partial charge in [0, 0.05) is 17.7 Å². The molecule has 3 aliphatic rings. The monoisotopic (exact) mass is 688 g/mol. The Morgan fingerprint density at radius 2 is 1.16 bits per heavy atom. The van der Waals surface area contributed by atoms with E-state index in [1.807, 2.05) is 6.92 Å². The van der Waals surface area contributed by atoms with Gasteiger partial charge in [-0.2, -0.15) is 0 Å². The van der Waals surface area contributed by atoms with E-state index in [2.05, 4.69) is 19.7 Å².